The van der Waals surface area contributed by atoms with Crippen molar-refractivity contribution in [1.82, 2.24) is 0 Å². The zero-order chi connectivity index (χ0) is 25.3. The van der Waals surface area contributed by atoms with Crippen molar-refractivity contribution in [3.63, 3.8) is 0 Å². The van der Waals surface area contributed by atoms with Gasteiger partial charge in [-0.05, 0) is 99.7 Å². The Kier molecular flexibility index (Phi) is 6.56. The second-order valence-electron chi connectivity index (χ2n) is 12.9. The number of hydrogen-bond donors (Lipinski definition) is 6. The van der Waals surface area contributed by atoms with Crippen molar-refractivity contribution < 1.29 is 30.3 Å². The van der Waals surface area contributed by atoms with Crippen LogP contribution in [-0.2, 0) is 4.79 Å². The van der Waals surface area contributed by atoms with Crippen molar-refractivity contribution >= 4 is 5.97 Å². The molecule has 0 spiro atoms. The molecule has 4 rings (SSSR count). The van der Waals surface area contributed by atoms with Crippen LogP contribution in [0.5, 0.6) is 0 Å². The Morgan fingerprint density at radius 2 is 1.79 bits per heavy atom. The molecule has 0 aromatic carbocycles. The van der Waals surface area contributed by atoms with Crippen LogP contribution in [0.3, 0.4) is 0 Å². The molecule has 0 amide bonds. The van der Waals surface area contributed by atoms with E-state index in [4.69, 9.17) is 5.73 Å². The minimum absolute atomic E-state index is 0.0366. The molecule has 194 valence electrons. The van der Waals surface area contributed by atoms with Gasteiger partial charge in [0.1, 0.15) is 5.92 Å². The number of aliphatic hydroxyl groups is 4. The van der Waals surface area contributed by atoms with Crippen molar-refractivity contribution in [3.8, 4) is 0 Å². The van der Waals surface area contributed by atoms with Crippen LogP contribution in [0.15, 0.2) is 11.6 Å². The van der Waals surface area contributed by atoms with Crippen molar-refractivity contribution in [2.45, 2.75) is 109 Å². The molecule has 0 bridgehead atoms. The van der Waals surface area contributed by atoms with Gasteiger partial charge in [0.2, 0.25) is 0 Å². The van der Waals surface area contributed by atoms with Crippen molar-refractivity contribution in [1.29, 1.82) is 0 Å². The molecule has 4 aliphatic rings. The van der Waals surface area contributed by atoms with Gasteiger partial charge in [0.25, 0.3) is 0 Å². The number of aliphatic hydroxyl groups excluding tert-OH is 2. The molecule has 0 radical (unpaired) electrons. The Labute approximate surface area is 203 Å². The summed E-state index contributed by atoms with van der Waals surface area (Å²) >= 11 is 0. The van der Waals surface area contributed by atoms with Crippen LogP contribution in [-0.4, -0.2) is 55.0 Å². The summed E-state index contributed by atoms with van der Waals surface area (Å²) in [7, 11) is 0. The van der Waals surface area contributed by atoms with Crippen LogP contribution in [0.2, 0.25) is 0 Å². The molecule has 0 aliphatic heterocycles. The van der Waals surface area contributed by atoms with E-state index in [0.717, 1.165) is 38.5 Å². The van der Waals surface area contributed by atoms with Gasteiger partial charge >= 0.3 is 5.97 Å². The van der Waals surface area contributed by atoms with E-state index in [1.807, 2.05) is 13.0 Å². The lowest BCUT2D eigenvalue weighted by Crippen LogP contribution is -2.58. The predicted octanol–water partition coefficient (Wildman–Crippen LogP) is 2.80. The summed E-state index contributed by atoms with van der Waals surface area (Å²) in [5, 5.41) is 51.5. The molecule has 0 heterocycles. The summed E-state index contributed by atoms with van der Waals surface area (Å²) < 4.78 is 0. The second-order valence-corrected chi connectivity index (χ2v) is 12.9. The lowest BCUT2D eigenvalue weighted by Gasteiger charge is -2.60. The fraction of sp³-hybridized carbons (Fsp3) is 0.889. The molecule has 7 N–H and O–H groups in total. The lowest BCUT2D eigenvalue weighted by atomic mass is 9.46. The van der Waals surface area contributed by atoms with Crippen LogP contribution in [0.4, 0.5) is 0 Å². The number of carbonyl (C=O) groups is 1. The number of nitrogens with two attached hydrogens (primary N) is 1. The van der Waals surface area contributed by atoms with Gasteiger partial charge < -0.3 is 31.3 Å². The van der Waals surface area contributed by atoms with Gasteiger partial charge in [-0.15, -0.1) is 0 Å². The van der Waals surface area contributed by atoms with Gasteiger partial charge in [-0.2, -0.15) is 0 Å². The summed E-state index contributed by atoms with van der Waals surface area (Å²) in [5.41, 5.74) is 7.41. The molecule has 34 heavy (non-hydrogen) atoms. The smallest absolute Gasteiger partial charge is 0.311 e. The normalized spacial score (nSPS) is 44.8. The fourth-order valence-electron chi connectivity index (χ4n) is 8.75. The SMILES string of the molecule is CC(C(=O)O)C(O)(O)CC[C@](C)(N)[C@H]1CCC2[C@@H]3[C@H](O)C=C4C[C@@H](O)CC[C@]4(C)[C@H]3CC[C@@]21C. The zero-order valence-corrected chi connectivity index (χ0v) is 21.2. The maximum absolute atomic E-state index is 11.3. The third-order valence-corrected chi connectivity index (χ3v) is 11.0. The molecule has 3 saturated carbocycles. The first-order chi connectivity index (χ1) is 15.6. The van der Waals surface area contributed by atoms with E-state index in [2.05, 4.69) is 13.8 Å². The van der Waals surface area contributed by atoms with E-state index in [9.17, 15) is 30.3 Å². The van der Waals surface area contributed by atoms with Gasteiger partial charge in [0, 0.05) is 12.0 Å². The van der Waals surface area contributed by atoms with E-state index in [1.54, 1.807) is 0 Å². The molecule has 2 unspecified atom stereocenters. The molecule has 0 saturated heterocycles. The standard InChI is InChI=1S/C27H45NO6/c1-15(23(31)32)27(33,34)12-11-26(4,28)21-6-5-18-22-19(8-10-25(18,21)3)24(2)9-7-17(29)13-16(24)14-20(22)30/h14-15,17-22,29-30,33-34H,5-13,28H2,1-4H3,(H,31,32)/t15?,17-,18?,19-,20+,21-,22-,24-,25-,26-/m0/s1. The summed E-state index contributed by atoms with van der Waals surface area (Å²) in [6.07, 6.45) is 7.86. The highest BCUT2D eigenvalue weighted by atomic mass is 16.5. The van der Waals surface area contributed by atoms with Gasteiger partial charge in [-0.25, -0.2) is 0 Å². The Morgan fingerprint density at radius 3 is 2.44 bits per heavy atom. The topological polar surface area (TPSA) is 144 Å². The highest BCUT2D eigenvalue weighted by Crippen LogP contribution is 2.67. The summed E-state index contributed by atoms with van der Waals surface area (Å²) in [6.45, 7) is 7.92. The van der Waals surface area contributed by atoms with Crippen LogP contribution >= 0.6 is 0 Å². The minimum atomic E-state index is -2.30. The molecular weight excluding hydrogens is 434 g/mol. The van der Waals surface area contributed by atoms with Gasteiger partial charge in [0.15, 0.2) is 5.79 Å². The van der Waals surface area contributed by atoms with E-state index >= 15 is 0 Å². The van der Waals surface area contributed by atoms with Crippen molar-refractivity contribution in [3.05, 3.63) is 11.6 Å². The second kappa shape index (κ2) is 8.55. The summed E-state index contributed by atoms with van der Waals surface area (Å²) in [6, 6.07) is 0. The summed E-state index contributed by atoms with van der Waals surface area (Å²) in [4.78, 5) is 11.3. The lowest BCUT2D eigenvalue weighted by molar-refractivity contribution is -0.212. The number of fused-ring (bicyclic) bond motifs is 5. The van der Waals surface area contributed by atoms with E-state index in [-0.39, 0.29) is 35.2 Å². The molecule has 4 aliphatic carbocycles. The Morgan fingerprint density at radius 1 is 1.12 bits per heavy atom. The predicted molar refractivity (Wildman–Crippen MR) is 128 cm³/mol. The fourth-order valence-corrected chi connectivity index (χ4v) is 8.75. The number of carboxylic acid groups (broad SMARTS) is 1. The van der Waals surface area contributed by atoms with Crippen LogP contribution in [0.25, 0.3) is 0 Å². The molecular formula is C27H45NO6. The van der Waals surface area contributed by atoms with E-state index in [1.165, 1.54) is 12.5 Å². The first kappa shape index (κ1) is 26.1. The first-order valence-corrected chi connectivity index (χ1v) is 13.2. The average Bonchev–Trinajstić information content (AvgIpc) is 3.11. The number of hydrogen-bond acceptors (Lipinski definition) is 6. The van der Waals surface area contributed by atoms with Crippen LogP contribution in [0, 0.1) is 40.4 Å². The van der Waals surface area contributed by atoms with Crippen LogP contribution in [0.1, 0.15) is 85.5 Å². The molecule has 7 nitrogen and oxygen atoms in total. The average molecular weight is 480 g/mol. The van der Waals surface area contributed by atoms with E-state index in [0.29, 0.717) is 24.7 Å². The first-order valence-electron chi connectivity index (χ1n) is 13.2. The van der Waals surface area contributed by atoms with Gasteiger partial charge in [-0.1, -0.05) is 25.5 Å². The zero-order valence-electron chi connectivity index (χ0n) is 21.2. The molecule has 10 atom stereocenters. The quantitative estimate of drug-likeness (QED) is 0.254. The maximum Gasteiger partial charge on any atom is 0.311 e. The van der Waals surface area contributed by atoms with E-state index < -0.39 is 29.3 Å². The van der Waals surface area contributed by atoms with Gasteiger partial charge in [-0.3, -0.25) is 4.79 Å². The number of carboxylic acids is 1. The Hall–Kier alpha value is -0.990. The maximum atomic E-state index is 11.3. The summed E-state index contributed by atoms with van der Waals surface area (Å²) in [5.74, 6) is -3.78. The molecule has 3 fully saturated rings. The monoisotopic (exact) mass is 479 g/mol. The Bertz CT molecular complexity index is 839. The minimum Gasteiger partial charge on any atom is -0.481 e. The highest BCUT2D eigenvalue weighted by molar-refractivity contribution is 5.70. The van der Waals surface area contributed by atoms with Gasteiger partial charge in [0.05, 0.1) is 12.2 Å². The Balaban J connectivity index is 1.55. The number of rotatable bonds is 6. The molecule has 7 heteroatoms. The molecule has 0 aromatic heterocycles. The van der Waals surface area contributed by atoms with Crippen molar-refractivity contribution in [2.75, 3.05) is 0 Å². The highest BCUT2D eigenvalue weighted by Gasteiger charge is 2.62. The third-order valence-electron chi connectivity index (χ3n) is 11.0. The van der Waals surface area contributed by atoms with Crippen LogP contribution < -0.4 is 5.73 Å². The molecule has 0 aromatic rings. The number of aliphatic carboxylic acids is 1. The van der Waals surface area contributed by atoms with Crippen molar-refractivity contribution in [2.24, 2.45) is 46.2 Å². The third kappa shape index (κ3) is 4.05. The largest absolute Gasteiger partial charge is 0.481 e.